The molecule has 0 amide bonds. The summed E-state index contributed by atoms with van der Waals surface area (Å²) in [6.45, 7) is 0. The van der Waals surface area contributed by atoms with E-state index in [1.54, 1.807) is 0 Å². The number of benzene rings is 18. The van der Waals surface area contributed by atoms with Crippen LogP contribution in [0.2, 0.25) is 0 Å². The zero-order valence-corrected chi connectivity index (χ0v) is 70.0. The van der Waals surface area contributed by atoms with E-state index in [-0.39, 0.29) is 0 Å². The summed E-state index contributed by atoms with van der Waals surface area (Å²) in [7, 11) is 0. The predicted molar refractivity (Wildman–Crippen MR) is 511 cm³/mol. The van der Waals surface area contributed by atoms with E-state index in [1.807, 2.05) is 0 Å². The van der Waals surface area contributed by atoms with Gasteiger partial charge in [0.1, 0.15) is 5.65 Å². The van der Waals surface area contributed by atoms with E-state index in [2.05, 4.69) is 462 Å². The van der Waals surface area contributed by atoms with Crippen LogP contribution in [0.15, 0.2) is 419 Å². The van der Waals surface area contributed by atoms with Gasteiger partial charge in [-0.05, 0) is 51.0 Å². The molecule has 0 saturated heterocycles. The monoisotopic (exact) mass is 1700 g/mol. The molecule has 0 atom stereocenters. The first-order chi connectivity index (χ1) is 57.7. The molecular formula is C105H69N6P3SSe2. The number of pyridine rings is 3. The van der Waals surface area contributed by atoms with Gasteiger partial charge >= 0.3 is 469 Å². The molecule has 0 saturated carbocycles. The van der Waals surface area contributed by atoms with E-state index in [0.717, 1.165) is 55.4 Å². The molecule has 0 bridgehead atoms. The zero-order chi connectivity index (χ0) is 77.9. The topological polar surface area (TPSA) is 51.9 Å². The van der Waals surface area contributed by atoms with Gasteiger partial charge < -0.3 is 0 Å². The third-order valence-electron chi connectivity index (χ3n) is 23.5. The van der Waals surface area contributed by atoms with Crippen LogP contribution in [0.25, 0.3) is 147 Å². The van der Waals surface area contributed by atoms with E-state index in [0.29, 0.717) is 0 Å². The summed E-state index contributed by atoms with van der Waals surface area (Å²) in [5, 5.41) is 30.0. The van der Waals surface area contributed by atoms with Crippen LogP contribution in [0.1, 0.15) is 0 Å². The van der Waals surface area contributed by atoms with Gasteiger partial charge in [-0.3, -0.25) is 4.40 Å². The molecule has 0 radical (unpaired) electrons. The number of aromatic nitrogens is 6. The molecular weight excluding hydrogens is 1630 g/mol. The fraction of sp³-hybridized carbons (Fsp3) is 0. The van der Waals surface area contributed by atoms with Gasteiger partial charge in [0, 0.05) is 22.2 Å². The quantitative estimate of drug-likeness (QED) is 0.0821. The number of para-hydroxylation sites is 4. The van der Waals surface area contributed by atoms with Gasteiger partial charge in [-0.1, -0.05) is 127 Å². The Bertz CT molecular complexity index is 8100. The van der Waals surface area contributed by atoms with E-state index in [4.69, 9.17) is 26.8 Å². The third kappa shape index (κ3) is 11.4. The maximum absolute atomic E-state index is 6.67. The van der Waals surface area contributed by atoms with E-state index in [9.17, 15) is 0 Å². The number of imidazole rings is 3. The van der Waals surface area contributed by atoms with Crippen molar-refractivity contribution in [2.75, 3.05) is 0 Å². The van der Waals surface area contributed by atoms with Crippen LogP contribution < -0.4 is 47.7 Å². The Hall–Kier alpha value is -12.3. The van der Waals surface area contributed by atoms with Crippen LogP contribution in [0, 0.1) is 0 Å². The van der Waals surface area contributed by atoms with Crippen molar-refractivity contribution in [3.63, 3.8) is 0 Å². The number of hydrogen-bond acceptors (Lipinski definition) is 4. The summed E-state index contributed by atoms with van der Waals surface area (Å²) < 4.78 is 7.09. The van der Waals surface area contributed by atoms with Crippen molar-refractivity contribution < 1.29 is 0 Å². The second kappa shape index (κ2) is 28.9. The molecule has 18 aromatic carbocycles. The molecule has 6 aromatic heterocycles. The van der Waals surface area contributed by atoms with Crippen molar-refractivity contribution in [3.8, 4) is 0 Å². The van der Waals surface area contributed by atoms with Gasteiger partial charge in [0.2, 0.25) is 0 Å². The summed E-state index contributed by atoms with van der Waals surface area (Å²) in [5.41, 5.74) is 8.84. The molecule has 6 heterocycles. The van der Waals surface area contributed by atoms with Gasteiger partial charge in [-0.15, -0.1) is 0 Å². The minimum atomic E-state index is -2.28. The Balaban J connectivity index is 0.000000106. The number of rotatable bonds is 9. The van der Waals surface area contributed by atoms with Crippen LogP contribution in [-0.2, 0) is 11.8 Å². The van der Waals surface area contributed by atoms with Crippen molar-refractivity contribution in [1.82, 2.24) is 28.2 Å². The standard InChI is InChI=1S/C35H23N2PS.2C35H23N2PSe/c39-38(25-12-3-1-4-13-25,26-14-5-2-6-15-26)27-20-22-31-33(23-27)37-32-18-10-9-17-29(32)34-28-16-8-7-11-24(28)19-21-30(34)35(37)36-31;39-38(25-13-3-1-4-14-25,26-15-5-2-6-16-26)32-21-11-19-30-34(32)37-31-20-10-9-18-28(31)33-27-17-8-7-12-24(27)22-23-29(33)35(37)36-30;39-38(25-12-3-1-4-13-25,26-14-5-2-6-15-26)27-20-22-33-31(23-27)36-35-30-21-19-24-11-7-8-16-28(24)34(30)29-17-9-10-18-32(29)37(33)35/h3*1-23H. The second-order valence-electron chi connectivity index (χ2n) is 29.8. The zero-order valence-electron chi connectivity index (χ0n) is 63.1. The van der Waals surface area contributed by atoms with E-state index >= 15 is 0 Å². The molecule has 0 N–H and O–H groups in total. The fourth-order valence-electron chi connectivity index (χ4n) is 18.2. The Morgan fingerprint density at radius 2 is 0.556 bits per heavy atom. The van der Waals surface area contributed by atoms with Gasteiger partial charge in [0.25, 0.3) is 0 Å². The van der Waals surface area contributed by atoms with Crippen LogP contribution in [-0.4, -0.2) is 58.4 Å². The molecule has 12 heteroatoms. The fourth-order valence-corrected chi connectivity index (χ4v) is 32.1. The molecule has 0 spiro atoms. The van der Waals surface area contributed by atoms with Crippen molar-refractivity contribution in [2.24, 2.45) is 0 Å². The van der Waals surface area contributed by atoms with Crippen LogP contribution in [0.3, 0.4) is 0 Å². The maximum atomic E-state index is 6.67. The Morgan fingerprint density at radius 3 is 1.00 bits per heavy atom. The van der Waals surface area contributed by atoms with E-state index < -0.39 is 17.1 Å². The summed E-state index contributed by atoms with van der Waals surface area (Å²) in [6.07, 6.45) is 0. The summed E-state index contributed by atoms with van der Waals surface area (Å²) >= 11 is 14.1. The Labute approximate surface area is 695 Å². The summed E-state index contributed by atoms with van der Waals surface area (Å²) in [6, 6.07) is 148. The second-order valence-corrected chi connectivity index (χ2v) is 46.6. The van der Waals surface area contributed by atoms with Crippen LogP contribution >= 0.6 is 17.1 Å². The number of nitrogens with zero attached hydrogens (tertiary/aromatic N) is 6. The minimum absolute atomic E-state index is 0.979. The van der Waals surface area contributed by atoms with Crippen LogP contribution in [0.4, 0.5) is 0 Å². The van der Waals surface area contributed by atoms with Crippen molar-refractivity contribution >= 4 is 254 Å². The van der Waals surface area contributed by atoms with Crippen molar-refractivity contribution in [2.45, 2.75) is 0 Å². The third-order valence-corrected chi connectivity index (χ3v) is 42.4. The number of hydrogen-bond donors (Lipinski definition) is 0. The molecule has 552 valence electrons. The van der Waals surface area contributed by atoms with Crippen molar-refractivity contribution in [3.05, 3.63) is 419 Å². The molecule has 0 aliphatic heterocycles. The Morgan fingerprint density at radius 1 is 0.214 bits per heavy atom. The van der Waals surface area contributed by atoms with E-state index in [1.165, 1.54) is 140 Å². The molecule has 24 aromatic rings. The summed E-state index contributed by atoms with van der Waals surface area (Å²) in [4.78, 5) is 15.9. The van der Waals surface area contributed by atoms with Crippen molar-refractivity contribution in [1.29, 1.82) is 0 Å². The predicted octanol–water partition coefficient (Wildman–Crippen LogP) is 22.4. The van der Waals surface area contributed by atoms with Gasteiger partial charge in [0.15, 0.2) is 0 Å². The molecule has 0 aliphatic rings. The average molecular weight is 1700 g/mol. The molecule has 0 fully saturated rings. The van der Waals surface area contributed by atoms with Gasteiger partial charge in [0.05, 0.1) is 16.6 Å². The normalized spacial score (nSPS) is 12.2. The molecule has 6 nitrogen and oxygen atoms in total. The first-order valence-electron chi connectivity index (χ1n) is 39.3. The summed E-state index contributed by atoms with van der Waals surface area (Å²) in [5.74, 6) is 0. The average Bonchev–Trinajstić information content (AvgIpc) is 1.59. The SMILES string of the molecule is S=P(c1ccccc1)(c1ccccc1)c1ccc2nc3c4ccc5ccccc5c4c4ccccc4n3c2c1.[Se]=P(c1ccccc1)(c1ccccc1)c1ccc2c(c1)nc1c3ccc4ccccc4c3c3ccccc3n21.[Se]=P(c1ccccc1)(c1ccccc1)c1cccc2nc3c4ccc5ccccc5c4c4ccccc4n3c12. The number of fused-ring (bicyclic) bond motifs is 30. The van der Waals surface area contributed by atoms with Crippen LogP contribution in [0.5, 0.6) is 0 Å². The first-order valence-corrected chi connectivity index (χ1v) is 50.1. The van der Waals surface area contributed by atoms with Gasteiger partial charge in [-0.2, -0.15) is 0 Å². The molecule has 0 aliphatic carbocycles. The first kappa shape index (κ1) is 71.3. The molecule has 117 heavy (non-hydrogen) atoms. The molecule has 0 unspecified atom stereocenters. The van der Waals surface area contributed by atoms with Gasteiger partial charge in [-0.25, -0.2) is 4.98 Å². The molecule has 24 rings (SSSR count). The Kier molecular flexibility index (Phi) is 17.6.